The maximum absolute atomic E-state index is 11.9. The minimum Gasteiger partial charge on any atom is -0.319 e. The number of thiophene rings is 1. The van der Waals surface area contributed by atoms with Gasteiger partial charge in [0.2, 0.25) is 0 Å². The molecule has 1 N–H and O–H groups in total. The molecular formula is C14H13N5OS. The van der Waals surface area contributed by atoms with Crippen LogP contribution in [0.5, 0.6) is 0 Å². The van der Waals surface area contributed by atoms with E-state index in [-0.39, 0.29) is 5.91 Å². The number of nitrogens with one attached hydrogen (secondary N) is 1. The molecule has 3 aromatic heterocycles. The summed E-state index contributed by atoms with van der Waals surface area (Å²) in [5, 5.41) is 8.94. The zero-order valence-corrected chi connectivity index (χ0v) is 12.4. The number of aromatic nitrogens is 4. The molecule has 0 unspecified atom stereocenters. The summed E-state index contributed by atoms with van der Waals surface area (Å²) in [5.74, 6) is 0.321. The molecule has 0 fully saturated rings. The first-order chi connectivity index (χ1) is 10.1. The van der Waals surface area contributed by atoms with E-state index in [0.29, 0.717) is 16.5 Å². The molecule has 3 rings (SSSR count). The van der Waals surface area contributed by atoms with Crippen LogP contribution >= 0.6 is 11.3 Å². The Morgan fingerprint density at radius 3 is 2.62 bits per heavy atom. The van der Waals surface area contributed by atoms with Crippen molar-refractivity contribution in [3.63, 3.8) is 0 Å². The molecule has 0 aromatic carbocycles. The number of carbonyl (C=O) groups excluding carboxylic acids is 1. The summed E-state index contributed by atoms with van der Waals surface area (Å²) in [6, 6.07) is 5.56. The smallest absolute Gasteiger partial charge is 0.265 e. The van der Waals surface area contributed by atoms with Crippen molar-refractivity contribution in [2.45, 2.75) is 13.8 Å². The Hall–Kier alpha value is -2.54. The topological polar surface area (TPSA) is 72.7 Å². The SMILES string of the molecule is Cc1cc(C)n(-c2ncc(NC(=O)c3cccs3)cn2)n1. The van der Waals surface area contributed by atoms with Crippen LogP contribution in [-0.2, 0) is 0 Å². The second-order valence-electron chi connectivity index (χ2n) is 4.54. The lowest BCUT2D eigenvalue weighted by molar-refractivity contribution is 0.103. The van der Waals surface area contributed by atoms with Gasteiger partial charge in [-0.25, -0.2) is 14.6 Å². The lowest BCUT2D eigenvalue weighted by Crippen LogP contribution is -2.12. The molecule has 7 heteroatoms. The molecule has 0 aliphatic carbocycles. The highest BCUT2D eigenvalue weighted by Crippen LogP contribution is 2.13. The molecule has 6 nitrogen and oxygen atoms in total. The van der Waals surface area contributed by atoms with E-state index < -0.39 is 0 Å². The molecule has 0 aliphatic heterocycles. The van der Waals surface area contributed by atoms with Gasteiger partial charge < -0.3 is 5.32 Å². The first-order valence-corrected chi connectivity index (χ1v) is 7.22. The third-order valence-electron chi connectivity index (χ3n) is 2.84. The monoisotopic (exact) mass is 299 g/mol. The van der Waals surface area contributed by atoms with Crippen LogP contribution in [0.15, 0.2) is 36.0 Å². The highest BCUT2D eigenvalue weighted by Gasteiger charge is 2.09. The van der Waals surface area contributed by atoms with Crippen LogP contribution in [0, 0.1) is 13.8 Å². The van der Waals surface area contributed by atoms with Crippen molar-refractivity contribution >= 4 is 22.9 Å². The summed E-state index contributed by atoms with van der Waals surface area (Å²) >= 11 is 1.39. The van der Waals surface area contributed by atoms with Gasteiger partial charge in [-0.05, 0) is 31.4 Å². The van der Waals surface area contributed by atoms with Gasteiger partial charge in [0.15, 0.2) is 0 Å². The molecule has 0 saturated carbocycles. The van der Waals surface area contributed by atoms with E-state index in [1.807, 2.05) is 31.4 Å². The fraction of sp³-hybridized carbons (Fsp3) is 0.143. The summed E-state index contributed by atoms with van der Waals surface area (Å²) < 4.78 is 1.67. The minimum atomic E-state index is -0.160. The van der Waals surface area contributed by atoms with Crippen LogP contribution in [0.4, 0.5) is 5.69 Å². The van der Waals surface area contributed by atoms with E-state index in [1.165, 1.54) is 11.3 Å². The summed E-state index contributed by atoms with van der Waals surface area (Å²) in [7, 11) is 0. The first-order valence-electron chi connectivity index (χ1n) is 6.34. The lowest BCUT2D eigenvalue weighted by Gasteiger charge is -2.05. The Labute approximate surface area is 125 Å². The van der Waals surface area contributed by atoms with Gasteiger partial charge in [0.25, 0.3) is 11.9 Å². The minimum absolute atomic E-state index is 0.160. The van der Waals surface area contributed by atoms with Crippen LogP contribution in [0.3, 0.4) is 0 Å². The molecule has 1 amide bonds. The number of amides is 1. The van der Waals surface area contributed by atoms with Gasteiger partial charge in [0.1, 0.15) is 0 Å². The Morgan fingerprint density at radius 1 is 1.29 bits per heavy atom. The van der Waals surface area contributed by atoms with Crippen LogP contribution < -0.4 is 5.32 Å². The molecule has 0 bridgehead atoms. The fourth-order valence-electron chi connectivity index (χ4n) is 1.93. The second kappa shape index (κ2) is 5.45. The fourth-order valence-corrected chi connectivity index (χ4v) is 2.55. The van der Waals surface area contributed by atoms with Gasteiger partial charge >= 0.3 is 0 Å². The highest BCUT2D eigenvalue weighted by atomic mass is 32.1. The van der Waals surface area contributed by atoms with E-state index in [2.05, 4.69) is 20.4 Å². The van der Waals surface area contributed by atoms with Gasteiger partial charge in [0, 0.05) is 5.69 Å². The van der Waals surface area contributed by atoms with Gasteiger partial charge in [-0.3, -0.25) is 4.79 Å². The number of rotatable bonds is 3. The molecule has 106 valence electrons. The van der Waals surface area contributed by atoms with Gasteiger partial charge in [0.05, 0.1) is 28.7 Å². The summed E-state index contributed by atoms with van der Waals surface area (Å²) in [6.45, 7) is 3.86. The van der Waals surface area contributed by atoms with Crippen molar-refractivity contribution in [3.05, 3.63) is 52.2 Å². The van der Waals surface area contributed by atoms with Gasteiger partial charge in [-0.15, -0.1) is 11.3 Å². The molecule has 0 aliphatic rings. The average Bonchev–Trinajstić information content (AvgIpc) is 3.09. The summed E-state index contributed by atoms with van der Waals surface area (Å²) in [4.78, 5) is 21.0. The first kappa shape index (κ1) is 13.4. The Kier molecular flexibility index (Phi) is 3.49. The summed E-state index contributed by atoms with van der Waals surface area (Å²) in [6.07, 6.45) is 3.15. The van der Waals surface area contributed by atoms with Crippen LogP contribution in [0.1, 0.15) is 21.1 Å². The van der Waals surface area contributed by atoms with Crippen molar-refractivity contribution in [1.82, 2.24) is 19.7 Å². The van der Waals surface area contributed by atoms with Crippen molar-refractivity contribution in [2.24, 2.45) is 0 Å². The molecule has 3 aromatic rings. The van der Waals surface area contributed by atoms with E-state index in [0.717, 1.165) is 11.4 Å². The third kappa shape index (κ3) is 2.82. The van der Waals surface area contributed by atoms with Gasteiger partial charge in [-0.2, -0.15) is 5.10 Å². The second-order valence-corrected chi connectivity index (χ2v) is 5.49. The van der Waals surface area contributed by atoms with Crippen molar-refractivity contribution in [1.29, 1.82) is 0 Å². The van der Waals surface area contributed by atoms with E-state index in [9.17, 15) is 4.79 Å². The quantitative estimate of drug-likeness (QED) is 0.807. The number of nitrogens with zero attached hydrogens (tertiary/aromatic N) is 4. The largest absolute Gasteiger partial charge is 0.319 e. The number of aryl methyl sites for hydroxylation is 2. The molecule has 3 heterocycles. The normalized spacial score (nSPS) is 10.6. The van der Waals surface area contributed by atoms with E-state index in [1.54, 1.807) is 23.1 Å². The molecular weight excluding hydrogens is 286 g/mol. The zero-order valence-electron chi connectivity index (χ0n) is 11.6. The van der Waals surface area contributed by atoms with E-state index in [4.69, 9.17) is 0 Å². The maximum atomic E-state index is 11.9. The number of hydrogen-bond acceptors (Lipinski definition) is 5. The summed E-state index contributed by atoms with van der Waals surface area (Å²) in [5.41, 5.74) is 2.42. The average molecular weight is 299 g/mol. The molecule has 21 heavy (non-hydrogen) atoms. The van der Waals surface area contributed by atoms with Crippen LogP contribution in [-0.4, -0.2) is 25.7 Å². The molecule has 0 atom stereocenters. The molecule has 0 saturated heterocycles. The van der Waals surface area contributed by atoms with Crippen LogP contribution in [0.25, 0.3) is 5.95 Å². The highest BCUT2D eigenvalue weighted by molar-refractivity contribution is 7.12. The molecule has 0 spiro atoms. The Balaban J connectivity index is 1.78. The third-order valence-corrected chi connectivity index (χ3v) is 3.71. The van der Waals surface area contributed by atoms with Crippen molar-refractivity contribution < 1.29 is 4.79 Å². The maximum Gasteiger partial charge on any atom is 0.265 e. The number of hydrogen-bond donors (Lipinski definition) is 1. The molecule has 0 radical (unpaired) electrons. The van der Waals surface area contributed by atoms with Crippen molar-refractivity contribution in [3.8, 4) is 5.95 Å². The number of anilines is 1. The Bertz CT molecular complexity index is 761. The van der Waals surface area contributed by atoms with Gasteiger partial charge in [-0.1, -0.05) is 6.07 Å². The number of carbonyl (C=O) groups is 1. The predicted octanol–water partition coefficient (Wildman–Crippen LogP) is 2.59. The lowest BCUT2D eigenvalue weighted by atomic mass is 10.4. The van der Waals surface area contributed by atoms with Crippen LogP contribution in [0.2, 0.25) is 0 Å². The Morgan fingerprint density at radius 2 is 2.05 bits per heavy atom. The predicted molar refractivity (Wildman–Crippen MR) is 80.9 cm³/mol. The van der Waals surface area contributed by atoms with Crippen molar-refractivity contribution in [2.75, 3.05) is 5.32 Å². The zero-order chi connectivity index (χ0) is 14.8. The standard InChI is InChI=1S/C14H13N5OS/c1-9-6-10(2)19(18-9)14-15-7-11(8-16-14)17-13(20)12-4-3-5-21-12/h3-8H,1-2H3,(H,17,20). The van der Waals surface area contributed by atoms with E-state index >= 15 is 0 Å².